The smallest absolute Gasteiger partial charge is 0.264 e. The van der Waals surface area contributed by atoms with E-state index in [1.165, 1.54) is 16.7 Å². The van der Waals surface area contributed by atoms with E-state index >= 15 is 0 Å². The summed E-state index contributed by atoms with van der Waals surface area (Å²) >= 11 is 1.27. The predicted octanol–water partition coefficient (Wildman–Crippen LogP) is 4.80. The highest BCUT2D eigenvalue weighted by atomic mass is 32.2. The van der Waals surface area contributed by atoms with Gasteiger partial charge in [0.2, 0.25) is 5.91 Å². The van der Waals surface area contributed by atoms with Crippen molar-refractivity contribution in [2.75, 3.05) is 25.7 Å². The molecule has 0 radical (unpaired) electrons. The summed E-state index contributed by atoms with van der Waals surface area (Å²) in [5.74, 6) is 0.572. The lowest BCUT2D eigenvalue weighted by Crippen LogP contribution is -2.32. The molecular weight excluding hydrogens is 498 g/mol. The number of carbonyl (C=O) groups is 2. The molecule has 8 heteroatoms. The Labute approximate surface area is 227 Å². The molecule has 0 spiro atoms. The predicted molar refractivity (Wildman–Crippen MR) is 149 cm³/mol. The van der Waals surface area contributed by atoms with Crippen LogP contribution in [-0.2, 0) is 22.4 Å². The Kier molecular flexibility index (Phi) is 8.72. The largest absolute Gasteiger partial charge is 0.493 e. The molecule has 2 amide bonds. The zero-order valence-electron chi connectivity index (χ0n) is 21.6. The van der Waals surface area contributed by atoms with Crippen molar-refractivity contribution in [1.82, 2.24) is 5.32 Å². The number of para-hydroxylation sites is 1. The van der Waals surface area contributed by atoms with Crippen LogP contribution in [0.2, 0.25) is 0 Å². The fraction of sp³-hybridized carbons (Fsp3) is 0.233. The van der Waals surface area contributed by atoms with Crippen LogP contribution >= 0.6 is 11.8 Å². The highest BCUT2D eigenvalue weighted by Crippen LogP contribution is 2.42. The van der Waals surface area contributed by atoms with Crippen LogP contribution in [0, 0.1) is 18.3 Å². The van der Waals surface area contributed by atoms with Gasteiger partial charge in [-0.25, -0.2) is 0 Å². The molecule has 1 saturated heterocycles. The van der Waals surface area contributed by atoms with Crippen molar-refractivity contribution in [1.29, 1.82) is 5.26 Å². The maximum Gasteiger partial charge on any atom is 0.264 e. The first-order chi connectivity index (χ1) is 18.5. The minimum atomic E-state index is -0.513. The standard InChI is InChI=1S/C30H29N3O4S/c1-20-9-7-8-10-22(20)18-27-29(35)33(23-11-5-4-6-12-23)30(38-27)24(19-31)28(34)32-16-15-21-13-14-25(36-2)26(17-21)37-3/h4-14,17,27H,15-16,18H2,1-3H3,(H,32,34)/b30-24+/t27-/m1/s1. The van der Waals surface area contributed by atoms with Gasteiger partial charge in [0.25, 0.3) is 5.91 Å². The second-order valence-corrected chi connectivity index (χ2v) is 9.92. The second-order valence-electron chi connectivity index (χ2n) is 8.73. The molecule has 1 heterocycles. The molecule has 194 valence electrons. The Bertz CT molecular complexity index is 1400. The van der Waals surface area contributed by atoms with E-state index in [-0.39, 0.29) is 11.5 Å². The van der Waals surface area contributed by atoms with Crippen molar-refractivity contribution in [3.8, 4) is 17.6 Å². The molecule has 1 fully saturated rings. The number of nitrogens with zero attached hydrogens (tertiary/aromatic N) is 2. The molecule has 1 aliphatic heterocycles. The zero-order valence-corrected chi connectivity index (χ0v) is 22.4. The number of carbonyl (C=O) groups excluding carboxylic acids is 2. The van der Waals surface area contributed by atoms with Crippen LogP contribution in [0.1, 0.15) is 16.7 Å². The van der Waals surface area contributed by atoms with E-state index < -0.39 is 11.2 Å². The van der Waals surface area contributed by atoms with Gasteiger partial charge in [-0.05, 0) is 60.7 Å². The first-order valence-corrected chi connectivity index (χ1v) is 13.1. The van der Waals surface area contributed by atoms with Crippen LogP contribution < -0.4 is 19.7 Å². The summed E-state index contributed by atoms with van der Waals surface area (Å²) in [6.45, 7) is 2.32. The molecule has 1 atom stereocenters. The molecule has 4 rings (SSSR count). The van der Waals surface area contributed by atoms with E-state index in [4.69, 9.17) is 9.47 Å². The van der Waals surface area contributed by atoms with E-state index in [1.54, 1.807) is 26.4 Å². The molecule has 38 heavy (non-hydrogen) atoms. The summed E-state index contributed by atoms with van der Waals surface area (Å²) in [6.07, 6.45) is 1.03. The van der Waals surface area contributed by atoms with Gasteiger partial charge < -0.3 is 14.8 Å². The molecule has 3 aromatic carbocycles. The number of hydrogen-bond acceptors (Lipinski definition) is 6. The number of thioether (sulfide) groups is 1. The van der Waals surface area contributed by atoms with Crippen LogP contribution in [0.15, 0.2) is 83.4 Å². The fourth-order valence-corrected chi connectivity index (χ4v) is 5.58. The summed E-state index contributed by atoms with van der Waals surface area (Å²) < 4.78 is 10.6. The lowest BCUT2D eigenvalue weighted by molar-refractivity contribution is -0.117. The summed E-state index contributed by atoms with van der Waals surface area (Å²) in [6, 6.07) is 24.7. The number of benzene rings is 3. The third-order valence-corrected chi connectivity index (χ3v) is 7.60. The van der Waals surface area contributed by atoms with Gasteiger partial charge in [-0.1, -0.05) is 60.3 Å². The molecule has 0 saturated carbocycles. The van der Waals surface area contributed by atoms with E-state index in [2.05, 4.69) is 11.4 Å². The van der Waals surface area contributed by atoms with Crippen molar-refractivity contribution in [2.24, 2.45) is 0 Å². The van der Waals surface area contributed by atoms with Gasteiger partial charge >= 0.3 is 0 Å². The third-order valence-electron chi connectivity index (χ3n) is 6.33. The Morgan fingerprint density at radius 2 is 1.74 bits per heavy atom. The SMILES string of the molecule is COc1ccc(CCNC(=O)/C(C#N)=C2/S[C@H](Cc3ccccc3C)C(=O)N2c2ccccc2)cc1OC. The van der Waals surface area contributed by atoms with Gasteiger partial charge in [-0.3, -0.25) is 14.5 Å². The number of aryl methyl sites for hydroxylation is 1. The second kappa shape index (κ2) is 12.3. The number of anilines is 1. The molecular formula is C30H29N3O4S. The number of ether oxygens (including phenoxy) is 2. The summed E-state index contributed by atoms with van der Waals surface area (Å²) in [7, 11) is 3.14. The van der Waals surface area contributed by atoms with Gasteiger partial charge in [0.1, 0.15) is 16.7 Å². The topological polar surface area (TPSA) is 91.7 Å². The van der Waals surface area contributed by atoms with Gasteiger partial charge in [-0.15, -0.1) is 0 Å². The maximum absolute atomic E-state index is 13.6. The lowest BCUT2D eigenvalue weighted by Gasteiger charge is -2.18. The van der Waals surface area contributed by atoms with Crippen molar-refractivity contribution in [3.05, 3.63) is 100 Å². The van der Waals surface area contributed by atoms with Crippen molar-refractivity contribution in [3.63, 3.8) is 0 Å². The molecule has 0 bridgehead atoms. The highest BCUT2D eigenvalue weighted by Gasteiger charge is 2.40. The number of hydrogen-bond donors (Lipinski definition) is 1. The van der Waals surface area contributed by atoms with Crippen LogP contribution in [0.4, 0.5) is 5.69 Å². The maximum atomic E-state index is 13.6. The third kappa shape index (κ3) is 5.84. The molecule has 0 aliphatic carbocycles. The molecule has 0 aromatic heterocycles. The Morgan fingerprint density at radius 1 is 1.03 bits per heavy atom. The van der Waals surface area contributed by atoms with Crippen molar-refractivity contribution in [2.45, 2.75) is 25.0 Å². The number of rotatable bonds is 9. The first kappa shape index (κ1) is 26.8. The normalized spacial score (nSPS) is 16.1. The Balaban J connectivity index is 1.57. The zero-order chi connectivity index (χ0) is 27.1. The summed E-state index contributed by atoms with van der Waals surface area (Å²) in [5.41, 5.74) is 3.65. The Hall–Kier alpha value is -4.22. The van der Waals surface area contributed by atoms with E-state index in [9.17, 15) is 14.9 Å². The van der Waals surface area contributed by atoms with Crippen LogP contribution in [0.5, 0.6) is 11.5 Å². The molecule has 3 aromatic rings. The molecule has 7 nitrogen and oxygen atoms in total. The van der Waals surface area contributed by atoms with Gasteiger partial charge in [-0.2, -0.15) is 5.26 Å². The number of nitriles is 1. The average Bonchev–Trinajstić information content (AvgIpc) is 3.25. The van der Waals surface area contributed by atoms with Gasteiger partial charge in [0, 0.05) is 12.2 Å². The summed E-state index contributed by atoms with van der Waals surface area (Å²) in [5, 5.41) is 12.8. The fourth-order valence-electron chi connectivity index (χ4n) is 4.28. The monoisotopic (exact) mass is 527 g/mol. The summed E-state index contributed by atoms with van der Waals surface area (Å²) in [4.78, 5) is 28.3. The number of amides is 2. The van der Waals surface area contributed by atoms with Crippen LogP contribution in [0.25, 0.3) is 0 Å². The first-order valence-electron chi connectivity index (χ1n) is 12.2. The van der Waals surface area contributed by atoms with Crippen LogP contribution in [-0.4, -0.2) is 37.8 Å². The van der Waals surface area contributed by atoms with E-state index in [0.717, 1.165) is 16.7 Å². The van der Waals surface area contributed by atoms with Gasteiger partial charge in [0.05, 0.1) is 19.5 Å². The number of nitrogens with one attached hydrogen (secondary N) is 1. The van der Waals surface area contributed by atoms with E-state index in [1.807, 2.05) is 67.6 Å². The molecule has 1 aliphatic rings. The van der Waals surface area contributed by atoms with E-state index in [0.29, 0.717) is 41.6 Å². The van der Waals surface area contributed by atoms with Crippen molar-refractivity contribution >= 4 is 29.3 Å². The quantitative estimate of drug-likeness (QED) is 0.318. The Morgan fingerprint density at radius 3 is 2.42 bits per heavy atom. The van der Waals surface area contributed by atoms with Crippen molar-refractivity contribution < 1.29 is 19.1 Å². The number of methoxy groups -OCH3 is 2. The average molecular weight is 528 g/mol. The highest BCUT2D eigenvalue weighted by molar-refractivity contribution is 8.05. The minimum absolute atomic E-state index is 0.0770. The van der Waals surface area contributed by atoms with Crippen LogP contribution in [0.3, 0.4) is 0 Å². The minimum Gasteiger partial charge on any atom is -0.493 e. The lowest BCUT2D eigenvalue weighted by atomic mass is 10.0. The molecule has 0 unspecified atom stereocenters. The van der Waals surface area contributed by atoms with Gasteiger partial charge in [0.15, 0.2) is 11.5 Å². The molecule has 1 N–H and O–H groups in total.